The largest absolute Gasteiger partial charge is 0.492 e. The van der Waals surface area contributed by atoms with Gasteiger partial charge in [-0.25, -0.2) is 0 Å². The maximum absolute atomic E-state index is 11.2. The van der Waals surface area contributed by atoms with Gasteiger partial charge in [0, 0.05) is 32.7 Å². The summed E-state index contributed by atoms with van der Waals surface area (Å²) >= 11 is 11.8. The minimum Gasteiger partial charge on any atom is -0.492 e. The lowest BCUT2D eigenvalue weighted by atomic mass is 10.2. The number of aldehydes is 1. The lowest BCUT2D eigenvalue weighted by Gasteiger charge is -2.08. The summed E-state index contributed by atoms with van der Waals surface area (Å²) < 4.78 is 7.68. The zero-order valence-electron chi connectivity index (χ0n) is 11.6. The number of rotatable bonds is 5. The Kier molecular flexibility index (Phi) is 4.36. The van der Waals surface area contributed by atoms with Crippen molar-refractivity contribution in [1.29, 1.82) is 0 Å². The summed E-state index contributed by atoms with van der Waals surface area (Å²) in [5, 5.41) is 2.15. The third-order valence-electron chi connectivity index (χ3n) is 3.42. The molecular formula is C17H13Cl2NO2. The van der Waals surface area contributed by atoms with Crippen LogP contribution in [-0.2, 0) is 6.54 Å². The van der Waals surface area contributed by atoms with E-state index < -0.39 is 0 Å². The van der Waals surface area contributed by atoms with E-state index in [4.69, 9.17) is 27.9 Å². The van der Waals surface area contributed by atoms with Crippen LogP contribution in [0.1, 0.15) is 10.4 Å². The average Bonchev–Trinajstić information content (AvgIpc) is 2.86. The van der Waals surface area contributed by atoms with Crippen molar-refractivity contribution in [2.75, 3.05) is 6.61 Å². The Hall–Kier alpha value is -1.97. The van der Waals surface area contributed by atoms with Crippen LogP contribution in [0, 0.1) is 0 Å². The van der Waals surface area contributed by atoms with E-state index in [0.717, 1.165) is 22.9 Å². The van der Waals surface area contributed by atoms with Gasteiger partial charge in [-0.1, -0.05) is 23.2 Å². The zero-order valence-corrected chi connectivity index (χ0v) is 13.1. The van der Waals surface area contributed by atoms with E-state index >= 15 is 0 Å². The summed E-state index contributed by atoms with van der Waals surface area (Å²) in [4.78, 5) is 11.2. The van der Waals surface area contributed by atoms with Crippen LogP contribution >= 0.6 is 23.2 Å². The Morgan fingerprint density at radius 2 is 1.77 bits per heavy atom. The van der Waals surface area contributed by atoms with Crippen molar-refractivity contribution in [2.45, 2.75) is 6.54 Å². The fourth-order valence-corrected chi connectivity index (χ4v) is 2.67. The first-order valence-corrected chi connectivity index (χ1v) is 7.55. The van der Waals surface area contributed by atoms with Crippen molar-refractivity contribution >= 4 is 40.4 Å². The van der Waals surface area contributed by atoms with Gasteiger partial charge < -0.3 is 9.30 Å². The fourth-order valence-electron chi connectivity index (χ4n) is 2.37. The Balaban J connectivity index is 1.76. The lowest BCUT2D eigenvalue weighted by molar-refractivity contribution is 0.112. The highest BCUT2D eigenvalue weighted by Crippen LogP contribution is 2.24. The molecule has 3 rings (SSSR count). The number of halogens is 2. The van der Waals surface area contributed by atoms with Gasteiger partial charge in [0.15, 0.2) is 6.29 Å². The zero-order chi connectivity index (χ0) is 15.5. The highest BCUT2D eigenvalue weighted by atomic mass is 35.5. The van der Waals surface area contributed by atoms with Gasteiger partial charge in [0.05, 0.1) is 6.54 Å². The maximum Gasteiger partial charge on any atom is 0.152 e. The van der Waals surface area contributed by atoms with Crippen LogP contribution in [0.4, 0.5) is 0 Å². The quantitative estimate of drug-likeness (QED) is 0.625. The first kappa shape index (κ1) is 14.9. The van der Waals surface area contributed by atoms with Crippen molar-refractivity contribution in [1.82, 2.24) is 4.57 Å². The second-order valence-electron chi connectivity index (χ2n) is 4.86. The first-order chi connectivity index (χ1) is 10.7. The second kappa shape index (κ2) is 6.42. The molecule has 112 valence electrons. The van der Waals surface area contributed by atoms with E-state index in [1.165, 1.54) is 0 Å². The van der Waals surface area contributed by atoms with Crippen molar-refractivity contribution in [3.05, 3.63) is 64.3 Å². The fraction of sp³-hybridized carbons (Fsp3) is 0.118. The normalized spacial score (nSPS) is 10.8. The molecule has 0 saturated carbocycles. The molecule has 0 aliphatic heterocycles. The summed E-state index contributed by atoms with van der Waals surface area (Å²) in [5.74, 6) is 0.763. The highest BCUT2D eigenvalue weighted by molar-refractivity contribution is 6.31. The molecule has 2 aromatic carbocycles. The van der Waals surface area contributed by atoms with Crippen molar-refractivity contribution in [2.24, 2.45) is 0 Å². The molecule has 0 aliphatic rings. The minimum atomic E-state index is 0.492. The van der Waals surface area contributed by atoms with Crippen LogP contribution in [0.15, 0.2) is 48.7 Å². The number of hydrogen-bond acceptors (Lipinski definition) is 2. The van der Waals surface area contributed by atoms with Gasteiger partial charge in [0.25, 0.3) is 0 Å². The molecule has 0 bridgehead atoms. The molecule has 0 spiro atoms. The summed E-state index contributed by atoms with van der Waals surface area (Å²) in [6.45, 7) is 1.13. The van der Waals surface area contributed by atoms with Gasteiger partial charge in [-0.05, 0) is 42.5 Å². The summed E-state index contributed by atoms with van der Waals surface area (Å²) in [6, 6.07) is 12.8. The highest BCUT2D eigenvalue weighted by Gasteiger charge is 2.08. The van der Waals surface area contributed by atoms with E-state index in [-0.39, 0.29) is 0 Å². The Labute approximate surface area is 138 Å². The standard InChI is InChI=1S/C17H13Cl2NO2/c18-13-1-4-15(5-2-13)22-8-7-20-10-12(11-21)16-9-14(19)3-6-17(16)20/h1-6,9-11H,7-8H2. The van der Waals surface area contributed by atoms with Gasteiger partial charge >= 0.3 is 0 Å². The van der Waals surface area contributed by atoms with Crippen molar-refractivity contribution < 1.29 is 9.53 Å². The lowest BCUT2D eigenvalue weighted by Crippen LogP contribution is -2.07. The van der Waals surface area contributed by atoms with Crippen LogP contribution in [0.25, 0.3) is 10.9 Å². The predicted molar refractivity (Wildman–Crippen MR) is 89.3 cm³/mol. The molecule has 3 nitrogen and oxygen atoms in total. The molecule has 22 heavy (non-hydrogen) atoms. The van der Waals surface area contributed by atoms with Crippen LogP contribution < -0.4 is 4.74 Å². The first-order valence-electron chi connectivity index (χ1n) is 6.79. The van der Waals surface area contributed by atoms with Crippen LogP contribution in [-0.4, -0.2) is 17.5 Å². The van der Waals surface area contributed by atoms with Gasteiger partial charge in [-0.3, -0.25) is 4.79 Å². The molecule has 0 fully saturated rings. The van der Waals surface area contributed by atoms with Gasteiger partial charge in [-0.2, -0.15) is 0 Å². The molecule has 0 radical (unpaired) electrons. The number of nitrogens with zero attached hydrogens (tertiary/aromatic N) is 1. The van der Waals surface area contributed by atoms with Crippen LogP contribution in [0.3, 0.4) is 0 Å². The van der Waals surface area contributed by atoms with E-state index in [0.29, 0.717) is 28.8 Å². The Morgan fingerprint density at radius 3 is 2.50 bits per heavy atom. The molecule has 1 aromatic heterocycles. The molecule has 0 N–H and O–H groups in total. The van der Waals surface area contributed by atoms with E-state index in [1.807, 2.05) is 35.0 Å². The smallest absolute Gasteiger partial charge is 0.152 e. The molecule has 3 aromatic rings. The second-order valence-corrected chi connectivity index (χ2v) is 5.73. The topological polar surface area (TPSA) is 31.2 Å². The van der Waals surface area contributed by atoms with Crippen molar-refractivity contribution in [3.8, 4) is 5.75 Å². The monoisotopic (exact) mass is 333 g/mol. The summed E-state index contributed by atoms with van der Waals surface area (Å²) in [5.41, 5.74) is 1.59. The van der Waals surface area contributed by atoms with Crippen molar-refractivity contribution in [3.63, 3.8) is 0 Å². The third kappa shape index (κ3) is 3.11. The Morgan fingerprint density at radius 1 is 1.05 bits per heavy atom. The van der Waals surface area contributed by atoms with Crippen LogP contribution in [0.2, 0.25) is 10.0 Å². The van der Waals surface area contributed by atoms with E-state index in [2.05, 4.69) is 0 Å². The van der Waals surface area contributed by atoms with E-state index in [9.17, 15) is 4.79 Å². The number of aromatic nitrogens is 1. The van der Waals surface area contributed by atoms with Gasteiger partial charge in [0.1, 0.15) is 12.4 Å². The predicted octanol–water partition coefficient (Wildman–Crippen LogP) is 4.84. The maximum atomic E-state index is 11.2. The SMILES string of the molecule is O=Cc1cn(CCOc2ccc(Cl)cc2)c2ccc(Cl)cc12. The van der Waals surface area contributed by atoms with Crippen LogP contribution in [0.5, 0.6) is 5.75 Å². The number of benzene rings is 2. The summed E-state index contributed by atoms with van der Waals surface area (Å²) in [7, 11) is 0. The molecule has 1 heterocycles. The number of carbonyl (C=O) groups is 1. The molecule has 0 aliphatic carbocycles. The number of hydrogen-bond donors (Lipinski definition) is 0. The molecular weight excluding hydrogens is 321 g/mol. The number of carbonyl (C=O) groups excluding carboxylic acids is 1. The third-order valence-corrected chi connectivity index (χ3v) is 3.90. The summed E-state index contributed by atoms with van der Waals surface area (Å²) in [6.07, 6.45) is 2.66. The Bertz CT molecular complexity index is 809. The molecule has 0 atom stereocenters. The molecule has 5 heteroatoms. The average molecular weight is 334 g/mol. The van der Waals surface area contributed by atoms with E-state index in [1.54, 1.807) is 18.2 Å². The minimum absolute atomic E-state index is 0.492. The van der Waals surface area contributed by atoms with Gasteiger partial charge in [-0.15, -0.1) is 0 Å². The van der Waals surface area contributed by atoms with Gasteiger partial charge in [0.2, 0.25) is 0 Å². The number of ether oxygens (including phenoxy) is 1. The molecule has 0 amide bonds. The molecule has 0 unspecified atom stereocenters. The number of fused-ring (bicyclic) bond motifs is 1. The molecule has 0 saturated heterocycles.